The molecule has 2 aromatic carbocycles. The number of nitrogens with one attached hydrogen (secondary N) is 1. The number of nitrogens with zero attached hydrogens (tertiary/aromatic N) is 2. The number of hydrogen-bond donors (Lipinski definition) is 1. The average molecular weight is 337 g/mol. The molecule has 25 heavy (non-hydrogen) atoms. The Morgan fingerprint density at radius 3 is 2.36 bits per heavy atom. The Morgan fingerprint density at radius 1 is 0.960 bits per heavy atom. The lowest BCUT2D eigenvalue weighted by atomic mass is 10.2. The Hall–Kier alpha value is -3.15. The Bertz CT molecular complexity index is 896. The van der Waals surface area contributed by atoms with Gasteiger partial charge in [0, 0.05) is 12.8 Å². The molecule has 6 heteroatoms. The van der Waals surface area contributed by atoms with Crippen LogP contribution in [-0.4, -0.2) is 30.1 Å². The normalized spacial score (nSPS) is 10.5. The third-order valence-corrected chi connectivity index (χ3v) is 3.77. The number of methoxy groups -OCH3 is 2. The van der Waals surface area contributed by atoms with Crippen LogP contribution in [0.3, 0.4) is 0 Å². The molecule has 0 radical (unpaired) electrons. The highest BCUT2D eigenvalue weighted by Crippen LogP contribution is 2.24. The summed E-state index contributed by atoms with van der Waals surface area (Å²) in [6.07, 6.45) is 0.698. The van der Waals surface area contributed by atoms with E-state index in [0.717, 1.165) is 11.0 Å². The van der Waals surface area contributed by atoms with Gasteiger partial charge in [0.1, 0.15) is 11.4 Å². The van der Waals surface area contributed by atoms with Crippen LogP contribution >= 0.6 is 0 Å². The van der Waals surface area contributed by atoms with Crippen molar-refractivity contribution in [1.82, 2.24) is 9.97 Å². The van der Waals surface area contributed by atoms with Crippen LogP contribution < -0.4 is 14.8 Å². The highest BCUT2D eigenvalue weighted by Gasteiger charge is 2.12. The molecule has 0 aliphatic carbocycles. The molecule has 0 saturated heterocycles. The summed E-state index contributed by atoms with van der Waals surface area (Å²) in [5.41, 5.74) is 2.85. The molecule has 0 saturated carbocycles. The number of aryl methyl sites for hydroxylation is 1. The van der Waals surface area contributed by atoms with Gasteiger partial charge < -0.3 is 14.8 Å². The maximum atomic E-state index is 12.3. The number of amides is 1. The summed E-state index contributed by atoms with van der Waals surface area (Å²) in [4.78, 5) is 21.3. The maximum absolute atomic E-state index is 12.3. The third kappa shape index (κ3) is 3.85. The van der Waals surface area contributed by atoms with Crippen LogP contribution in [0.5, 0.6) is 11.6 Å². The summed E-state index contributed by atoms with van der Waals surface area (Å²) in [5, 5.41) is 2.85. The largest absolute Gasteiger partial charge is 0.495 e. The fraction of sp³-hybridized carbons (Fsp3) is 0.211. The van der Waals surface area contributed by atoms with E-state index in [1.165, 1.54) is 0 Å². The van der Waals surface area contributed by atoms with E-state index in [1.807, 2.05) is 36.4 Å². The van der Waals surface area contributed by atoms with Gasteiger partial charge in [0.2, 0.25) is 11.8 Å². The maximum Gasteiger partial charge on any atom is 0.235 e. The second kappa shape index (κ2) is 7.61. The van der Waals surface area contributed by atoms with Crippen molar-refractivity contribution in [3.63, 3.8) is 0 Å². The zero-order valence-corrected chi connectivity index (χ0v) is 14.2. The van der Waals surface area contributed by atoms with Crippen LogP contribution in [0.25, 0.3) is 11.0 Å². The standard InChI is InChI=1S/C19H19N3O3/c1-24-17-10-6-5-9-15(17)21-18(23)12-11-16-19(25-2)22-14-8-4-3-7-13(14)20-16/h3-10H,11-12H2,1-2H3,(H,21,23). The minimum atomic E-state index is -0.124. The Balaban J connectivity index is 1.72. The van der Waals surface area contributed by atoms with Gasteiger partial charge >= 0.3 is 0 Å². The van der Waals surface area contributed by atoms with Crippen LogP contribution in [0.4, 0.5) is 5.69 Å². The lowest BCUT2D eigenvalue weighted by Gasteiger charge is -2.11. The number of benzene rings is 2. The molecule has 3 aromatic rings. The molecule has 1 N–H and O–H groups in total. The van der Waals surface area contributed by atoms with E-state index in [0.29, 0.717) is 29.4 Å². The number of aromatic nitrogens is 2. The second-order valence-corrected chi connectivity index (χ2v) is 5.42. The smallest absolute Gasteiger partial charge is 0.235 e. The van der Waals surface area contributed by atoms with Crippen LogP contribution in [0, 0.1) is 0 Å². The van der Waals surface area contributed by atoms with Gasteiger partial charge in [-0.3, -0.25) is 4.79 Å². The molecule has 0 aliphatic rings. The number of hydrogen-bond acceptors (Lipinski definition) is 5. The predicted molar refractivity (Wildman–Crippen MR) is 96.0 cm³/mol. The van der Waals surface area contributed by atoms with Gasteiger partial charge in [0.05, 0.1) is 30.9 Å². The van der Waals surface area contributed by atoms with Crippen molar-refractivity contribution in [3.8, 4) is 11.6 Å². The minimum Gasteiger partial charge on any atom is -0.495 e. The molecule has 0 unspecified atom stereocenters. The number of ether oxygens (including phenoxy) is 2. The lowest BCUT2D eigenvalue weighted by Crippen LogP contribution is -2.14. The molecule has 1 amide bonds. The molecule has 128 valence electrons. The summed E-state index contributed by atoms with van der Waals surface area (Å²) in [5.74, 6) is 0.948. The molecule has 0 bridgehead atoms. The van der Waals surface area contributed by atoms with Gasteiger partial charge in [-0.15, -0.1) is 0 Å². The Kier molecular flexibility index (Phi) is 5.09. The first-order valence-corrected chi connectivity index (χ1v) is 7.94. The van der Waals surface area contributed by atoms with E-state index in [9.17, 15) is 4.79 Å². The van der Waals surface area contributed by atoms with E-state index in [1.54, 1.807) is 26.4 Å². The van der Waals surface area contributed by atoms with Crippen LogP contribution in [0.15, 0.2) is 48.5 Å². The average Bonchev–Trinajstić information content (AvgIpc) is 2.66. The van der Waals surface area contributed by atoms with Crippen molar-refractivity contribution in [1.29, 1.82) is 0 Å². The minimum absolute atomic E-state index is 0.124. The van der Waals surface area contributed by atoms with Gasteiger partial charge in [0.15, 0.2) is 0 Å². The van der Waals surface area contributed by atoms with Crippen molar-refractivity contribution in [3.05, 3.63) is 54.2 Å². The quantitative estimate of drug-likeness (QED) is 0.747. The Morgan fingerprint density at radius 2 is 1.64 bits per heavy atom. The zero-order chi connectivity index (χ0) is 17.6. The van der Waals surface area contributed by atoms with Gasteiger partial charge in [-0.25, -0.2) is 9.97 Å². The summed E-state index contributed by atoms with van der Waals surface area (Å²) < 4.78 is 10.6. The predicted octanol–water partition coefficient (Wildman–Crippen LogP) is 3.22. The van der Waals surface area contributed by atoms with Crippen LogP contribution in [-0.2, 0) is 11.2 Å². The molecule has 6 nitrogen and oxygen atoms in total. The fourth-order valence-corrected chi connectivity index (χ4v) is 2.54. The highest BCUT2D eigenvalue weighted by atomic mass is 16.5. The van der Waals surface area contributed by atoms with Gasteiger partial charge in [-0.05, 0) is 24.3 Å². The molecular weight excluding hydrogens is 318 g/mol. The molecule has 0 atom stereocenters. The van der Waals surface area contributed by atoms with E-state index in [2.05, 4.69) is 15.3 Å². The molecular formula is C19H19N3O3. The number of carbonyl (C=O) groups is 1. The van der Waals surface area contributed by atoms with Gasteiger partial charge in [-0.2, -0.15) is 0 Å². The fourth-order valence-electron chi connectivity index (χ4n) is 2.54. The molecule has 3 rings (SSSR count). The summed E-state index contributed by atoms with van der Waals surface area (Å²) in [6.45, 7) is 0. The van der Waals surface area contributed by atoms with Gasteiger partial charge in [-0.1, -0.05) is 24.3 Å². The first-order chi connectivity index (χ1) is 12.2. The van der Waals surface area contributed by atoms with Crippen LogP contribution in [0.1, 0.15) is 12.1 Å². The van der Waals surface area contributed by atoms with E-state index < -0.39 is 0 Å². The van der Waals surface area contributed by atoms with Crippen molar-refractivity contribution in [2.24, 2.45) is 0 Å². The molecule has 1 aromatic heterocycles. The zero-order valence-electron chi connectivity index (χ0n) is 14.2. The van der Waals surface area contributed by atoms with Crippen molar-refractivity contribution < 1.29 is 14.3 Å². The number of carbonyl (C=O) groups excluding carboxylic acids is 1. The second-order valence-electron chi connectivity index (χ2n) is 5.42. The molecule has 0 aliphatic heterocycles. The van der Waals surface area contributed by atoms with E-state index >= 15 is 0 Å². The lowest BCUT2D eigenvalue weighted by molar-refractivity contribution is -0.116. The van der Waals surface area contributed by atoms with E-state index in [4.69, 9.17) is 9.47 Å². The Labute approximate surface area is 145 Å². The first kappa shape index (κ1) is 16.7. The van der Waals surface area contributed by atoms with Crippen LogP contribution in [0.2, 0.25) is 0 Å². The van der Waals surface area contributed by atoms with Crippen molar-refractivity contribution in [2.75, 3.05) is 19.5 Å². The van der Waals surface area contributed by atoms with Crippen molar-refractivity contribution in [2.45, 2.75) is 12.8 Å². The summed E-state index contributed by atoms with van der Waals surface area (Å²) >= 11 is 0. The van der Waals surface area contributed by atoms with Gasteiger partial charge in [0.25, 0.3) is 0 Å². The topological polar surface area (TPSA) is 73.3 Å². The number of rotatable bonds is 6. The monoisotopic (exact) mass is 337 g/mol. The molecule has 0 spiro atoms. The summed E-state index contributed by atoms with van der Waals surface area (Å²) in [6, 6.07) is 14.9. The molecule has 1 heterocycles. The summed E-state index contributed by atoms with van der Waals surface area (Å²) in [7, 11) is 3.12. The highest BCUT2D eigenvalue weighted by molar-refractivity contribution is 5.92. The first-order valence-electron chi connectivity index (χ1n) is 7.94. The third-order valence-electron chi connectivity index (χ3n) is 3.77. The molecule has 0 fully saturated rings. The number of anilines is 1. The van der Waals surface area contributed by atoms with E-state index in [-0.39, 0.29) is 12.3 Å². The van der Waals surface area contributed by atoms with Crippen molar-refractivity contribution >= 4 is 22.6 Å². The number of fused-ring (bicyclic) bond motifs is 1. The SMILES string of the molecule is COc1ccccc1NC(=O)CCc1nc2ccccc2nc1OC. The number of para-hydroxylation sites is 4.